The Labute approximate surface area is 104 Å². The standard InChI is InChI=1S/C15H13NO2/c17-13(18)15-7-14(8-15,9-15)12-11-4-2-1-3-10(11)5-6-16-12/h1-6H,7-9H2,(H,17,18). The van der Waals surface area contributed by atoms with Gasteiger partial charge in [0.2, 0.25) is 0 Å². The van der Waals surface area contributed by atoms with Crippen molar-refractivity contribution in [2.24, 2.45) is 5.41 Å². The molecule has 1 N–H and O–H groups in total. The molecule has 0 amide bonds. The molecule has 0 radical (unpaired) electrons. The van der Waals surface area contributed by atoms with Crippen LogP contribution in [0.4, 0.5) is 0 Å². The van der Waals surface area contributed by atoms with E-state index in [4.69, 9.17) is 0 Å². The monoisotopic (exact) mass is 239 g/mol. The van der Waals surface area contributed by atoms with Gasteiger partial charge in [0.15, 0.2) is 0 Å². The summed E-state index contributed by atoms with van der Waals surface area (Å²) in [6.45, 7) is 0. The first kappa shape index (κ1) is 10.1. The molecule has 0 atom stereocenters. The molecule has 18 heavy (non-hydrogen) atoms. The number of benzene rings is 1. The lowest BCUT2D eigenvalue weighted by molar-refractivity contribution is -0.195. The topological polar surface area (TPSA) is 50.2 Å². The first-order valence-corrected chi connectivity index (χ1v) is 6.23. The van der Waals surface area contributed by atoms with Crippen molar-refractivity contribution >= 4 is 16.7 Å². The summed E-state index contributed by atoms with van der Waals surface area (Å²) < 4.78 is 0. The van der Waals surface area contributed by atoms with E-state index in [-0.39, 0.29) is 5.41 Å². The van der Waals surface area contributed by atoms with Gasteiger partial charge in [0, 0.05) is 17.0 Å². The molecular formula is C15H13NO2. The van der Waals surface area contributed by atoms with Gasteiger partial charge in [-0.25, -0.2) is 0 Å². The highest BCUT2D eigenvalue weighted by molar-refractivity contribution is 5.88. The maximum Gasteiger partial charge on any atom is 0.309 e. The molecule has 1 aromatic carbocycles. The van der Waals surface area contributed by atoms with Gasteiger partial charge in [-0.15, -0.1) is 0 Å². The summed E-state index contributed by atoms with van der Waals surface area (Å²) >= 11 is 0. The minimum absolute atomic E-state index is 0.0409. The van der Waals surface area contributed by atoms with Crippen LogP contribution in [0, 0.1) is 5.41 Å². The number of hydrogen-bond acceptors (Lipinski definition) is 2. The third-order valence-corrected chi connectivity index (χ3v) is 4.66. The number of aromatic nitrogens is 1. The molecule has 0 unspecified atom stereocenters. The number of fused-ring (bicyclic) bond motifs is 1. The van der Waals surface area contributed by atoms with Crippen molar-refractivity contribution in [3.8, 4) is 0 Å². The summed E-state index contributed by atoms with van der Waals surface area (Å²) in [6, 6.07) is 10.2. The zero-order valence-corrected chi connectivity index (χ0v) is 9.89. The number of carboxylic acid groups (broad SMARTS) is 1. The molecule has 3 nitrogen and oxygen atoms in total. The molecule has 0 saturated heterocycles. The number of aliphatic carboxylic acids is 1. The fraction of sp³-hybridized carbons (Fsp3) is 0.333. The Kier molecular flexibility index (Phi) is 1.63. The maximum absolute atomic E-state index is 11.2. The average molecular weight is 239 g/mol. The molecule has 3 aliphatic carbocycles. The van der Waals surface area contributed by atoms with E-state index in [0.29, 0.717) is 0 Å². The lowest BCUT2D eigenvalue weighted by atomic mass is 9.34. The van der Waals surface area contributed by atoms with Crippen LogP contribution in [0.5, 0.6) is 0 Å². The van der Waals surface area contributed by atoms with E-state index in [0.717, 1.165) is 25.0 Å². The van der Waals surface area contributed by atoms with Crippen molar-refractivity contribution < 1.29 is 9.90 Å². The second kappa shape index (κ2) is 2.91. The highest BCUT2D eigenvalue weighted by Gasteiger charge is 2.73. The van der Waals surface area contributed by atoms with Crippen LogP contribution in [0.3, 0.4) is 0 Å². The Balaban J connectivity index is 1.81. The number of carboxylic acids is 1. The Morgan fingerprint density at radius 1 is 1.17 bits per heavy atom. The van der Waals surface area contributed by atoms with E-state index in [1.165, 1.54) is 10.8 Å². The molecule has 3 heteroatoms. The minimum Gasteiger partial charge on any atom is -0.481 e. The highest BCUT2D eigenvalue weighted by Crippen LogP contribution is 2.73. The van der Waals surface area contributed by atoms with Gasteiger partial charge in [-0.05, 0) is 30.7 Å². The van der Waals surface area contributed by atoms with Crippen molar-refractivity contribution in [3.63, 3.8) is 0 Å². The molecule has 1 aromatic heterocycles. The van der Waals surface area contributed by atoms with Crippen LogP contribution in [-0.2, 0) is 10.2 Å². The summed E-state index contributed by atoms with van der Waals surface area (Å²) in [5, 5.41) is 11.6. The van der Waals surface area contributed by atoms with Gasteiger partial charge in [-0.2, -0.15) is 0 Å². The zero-order chi connectivity index (χ0) is 12.4. The Hall–Kier alpha value is -1.90. The third kappa shape index (κ3) is 1.00. The lowest BCUT2D eigenvalue weighted by Gasteiger charge is -2.67. The summed E-state index contributed by atoms with van der Waals surface area (Å²) in [4.78, 5) is 15.7. The van der Waals surface area contributed by atoms with Crippen LogP contribution in [0.1, 0.15) is 25.0 Å². The number of hydrogen-bond donors (Lipinski definition) is 1. The van der Waals surface area contributed by atoms with E-state index >= 15 is 0 Å². The van der Waals surface area contributed by atoms with Crippen molar-refractivity contribution in [1.82, 2.24) is 4.98 Å². The molecular weight excluding hydrogens is 226 g/mol. The molecule has 5 rings (SSSR count). The van der Waals surface area contributed by atoms with Gasteiger partial charge in [0.25, 0.3) is 0 Å². The van der Waals surface area contributed by atoms with Gasteiger partial charge in [-0.1, -0.05) is 24.3 Å². The number of rotatable bonds is 2. The lowest BCUT2D eigenvalue weighted by Crippen LogP contribution is -2.68. The molecule has 0 spiro atoms. The van der Waals surface area contributed by atoms with Crippen LogP contribution in [-0.4, -0.2) is 16.1 Å². The van der Waals surface area contributed by atoms with Crippen LogP contribution in [0.25, 0.3) is 10.8 Å². The third-order valence-electron chi connectivity index (χ3n) is 4.66. The Bertz CT molecular complexity index is 652. The van der Waals surface area contributed by atoms with Crippen molar-refractivity contribution in [1.29, 1.82) is 0 Å². The summed E-state index contributed by atoms with van der Waals surface area (Å²) in [5.41, 5.74) is 0.710. The molecule has 90 valence electrons. The van der Waals surface area contributed by atoms with Crippen LogP contribution in [0.15, 0.2) is 36.5 Å². The molecule has 2 aromatic rings. The first-order chi connectivity index (χ1) is 8.65. The SMILES string of the molecule is O=C(O)C12CC(c3nccc4ccccc34)(C1)C2. The fourth-order valence-corrected chi connectivity index (χ4v) is 3.81. The number of carbonyl (C=O) groups is 1. The summed E-state index contributed by atoms with van der Waals surface area (Å²) in [6.07, 6.45) is 4.12. The van der Waals surface area contributed by atoms with E-state index in [2.05, 4.69) is 17.1 Å². The average Bonchev–Trinajstić information content (AvgIpc) is 2.25. The van der Waals surface area contributed by atoms with Gasteiger partial charge in [0.1, 0.15) is 0 Å². The van der Waals surface area contributed by atoms with Gasteiger partial charge >= 0.3 is 5.97 Å². The van der Waals surface area contributed by atoms with Crippen molar-refractivity contribution in [2.75, 3.05) is 0 Å². The van der Waals surface area contributed by atoms with Crippen LogP contribution in [0.2, 0.25) is 0 Å². The van der Waals surface area contributed by atoms with Gasteiger partial charge in [-0.3, -0.25) is 9.78 Å². The Morgan fingerprint density at radius 2 is 1.89 bits per heavy atom. The van der Waals surface area contributed by atoms with E-state index in [1.54, 1.807) is 0 Å². The van der Waals surface area contributed by atoms with Crippen molar-refractivity contribution in [2.45, 2.75) is 24.7 Å². The summed E-state index contributed by atoms with van der Waals surface area (Å²) in [7, 11) is 0. The second-order valence-corrected chi connectivity index (χ2v) is 5.78. The van der Waals surface area contributed by atoms with Crippen LogP contribution >= 0.6 is 0 Å². The molecule has 3 saturated carbocycles. The van der Waals surface area contributed by atoms with Gasteiger partial charge in [0.05, 0.1) is 11.1 Å². The molecule has 1 heterocycles. The highest BCUT2D eigenvalue weighted by atomic mass is 16.4. The van der Waals surface area contributed by atoms with Gasteiger partial charge < -0.3 is 5.11 Å². The van der Waals surface area contributed by atoms with E-state index in [9.17, 15) is 9.90 Å². The number of nitrogens with zero attached hydrogens (tertiary/aromatic N) is 1. The predicted octanol–water partition coefficient (Wildman–Crippen LogP) is 2.74. The predicted molar refractivity (Wildman–Crippen MR) is 67.3 cm³/mol. The minimum atomic E-state index is -0.635. The zero-order valence-electron chi connectivity index (χ0n) is 9.89. The quantitative estimate of drug-likeness (QED) is 0.876. The fourth-order valence-electron chi connectivity index (χ4n) is 3.81. The second-order valence-electron chi connectivity index (χ2n) is 5.78. The van der Waals surface area contributed by atoms with Crippen molar-refractivity contribution in [3.05, 3.63) is 42.2 Å². The normalized spacial score (nSPS) is 32.7. The molecule has 0 aliphatic heterocycles. The van der Waals surface area contributed by atoms with E-state index in [1.807, 2.05) is 24.4 Å². The molecule has 2 bridgehead atoms. The smallest absolute Gasteiger partial charge is 0.309 e. The first-order valence-electron chi connectivity index (χ1n) is 6.23. The molecule has 3 fully saturated rings. The summed E-state index contributed by atoms with van der Waals surface area (Å²) in [5.74, 6) is -0.635. The van der Waals surface area contributed by atoms with Crippen LogP contribution < -0.4 is 0 Å². The maximum atomic E-state index is 11.2. The van der Waals surface area contributed by atoms with E-state index < -0.39 is 11.4 Å². The largest absolute Gasteiger partial charge is 0.481 e. The molecule has 3 aliphatic rings. The Morgan fingerprint density at radius 3 is 2.61 bits per heavy atom. The number of pyridine rings is 1.